The predicted octanol–water partition coefficient (Wildman–Crippen LogP) is 1.90. The maximum absolute atomic E-state index is 11.4. The molecule has 0 spiro atoms. The second kappa shape index (κ2) is 11.5. The Hall–Kier alpha value is 1.43. The predicted molar refractivity (Wildman–Crippen MR) is 130 cm³/mol. The number of hydrogen-bond acceptors (Lipinski definition) is 6. The van der Waals surface area contributed by atoms with Crippen LogP contribution in [0.1, 0.15) is 98.8 Å². The van der Waals surface area contributed by atoms with Crippen LogP contribution in [0.2, 0.25) is 0 Å². The monoisotopic (exact) mass is 538 g/mol. The molecule has 4 aliphatic rings. The minimum absolute atomic E-state index is 0. The van der Waals surface area contributed by atoms with Crippen molar-refractivity contribution in [1.29, 1.82) is 0 Å². The summed E-state index contributed by atoms with van der Waals surface area (Å²) in [4.78, 5) is 0. The number of fused-ring (bicyclic) bond motifs is 5. The van der Waals surface area contributed by atoms with E-state index in [9.17, 15) is 23.2 Å². The van der Waals surface area contributed by atoms with Crippen LogP contribution >= 0.6 is 0 Å². The summed E-state index contributed by atoms with van der Waals surface area (Å²) in [5.41, 5.74) is 0.428. The zero-order chi connectivity index (χ0) is 25.1. The molecule has 0 aromatic rings. The van der Waals surface area contributed by atoms with E-state index in [4.69, 9.17) is 4.18 Å². The number of hydrogen-bond donors (Lipinski definition) is 2. The van der Waals surface area contributed by atoms with Crippen LogP contribution in [0.4, 0.5) is 0 Å². The van der Waals surface area contributed by atoms with Crippen LogP contribution in [-0.4, -0.2) is 41.5 Å². The smallest absolute Gasteiger partial charge is 0.726 e. The van der Waals surface area contributed by atoms with Gasteiger partial charge in [-0.2, -0.15) is 0 Å². The maximum Gasteiger partial charge on any atom is 1.00 e. The van der Waals surface area contributed by atoms with Crippen LogP contribution in [-0.2, 0) is 14.6 Å². The van der Waals surface area contributed by atoms with Crippen LogP contribution in [0, 0.1) is 52.3 Å². The molecule has 0 aliphatic heterocycles. The van der Waals surface area contributed by atoms with E-state index in [0.29, 0.717) is 41.9 Å². The van der Waals surface area contributed by atoms with Crippen LogP contribution in [0.3, 0.4) is 0 Å². The molecule has 4 saturated carbocycles. The summed E-state index contributed by atoms with van der Waals surface area (Å²) in [7, 11) is -4.70. The molecule has 0 aromatic heterocycles. The van der Waals surface area contributed by atoms with Gasteiger partial charge in [-0.25, -0.2) is 8.42 Å². The molecule has 4 unspecified atom stereocenters. The van der Waals surface area contributed by atoms with Crippen molar-refractivity contribution in [2.45, 2.75) is 117 Å². The molecule has 4 rings (SSSR count). The van der Waals surface area contributed by atoms with Gasteiger partial charge in [0.05, 0.1) is 18.3 Å². The number of rotatable bonds is 7. The van der Waals surface area contributed by atoms with Gasteiger partial charge in [0.25, 0.3) is 0 Å². The Labute approximate surface area is 256 Å². The summed E-state index contributed by atoms with van der Waals surface area (Å²) >= 11 is 0. The van der Waals surface area contributed by atoms with Crippen molar-refractivity contribution in [2.75, 3.05) is 0 Å². The van der Waals surface area contributed by atoms with Crippen LogP contribution in [0.5, 0.6) is 0 Å². The van der Waals surface area contributed by atoms with E-state index in [-0.39, 0.29) is 80.3 Å². The molecule has 0 saturated heterocycles. The molecule has 11 atom stereocenters. The zero-order valence-electron chi connectivity index (χ0n) is 22.8. The van der Waals surface area contributed by atoms with E-state index in [0.717, 1.165) is 51.4 Å². The first-order chi connectivity index (χ1) is 15.8. The van der Waals surface area contributed by atoms with Crippen LogP contribution < -0.4 is 51.4 Å². The molecule has 35 heavy (non-hydrogen) atoms. The van der Waals surface area contributed by atoms with Gasteiger partial charge in [0, 0.05) is 0 Å². The average molecular weight is 539 g/mol. The number of aliphatic hydroxyl groups is 2. The molecular weight excluding hydrogens is 491 g/mol. The Morgan fingerprint density at radius 3 is 2.20 bits per heavy atom. The van der Waals surface area contributed by atoms with Gasteiger partial charge >= 0.3 is 51.4 Å². The van der Waals surface area contributed by atoms with Gasteiger partial charge in [0.2, 0.25) is 10.4 Å². The van der Waals surface area contributed by atoms with Crippen LogP contribution in [0.15, 0.2) is 0 Å². The quantitative estimate of drug-likeness (QED) is 0.291. The topological polar surface area (TPSA) is 107 Å². The van der Waals surface area contributed by atoms with Gasteiger partial charge < -0.3 is 14.8 Å². The van der Waals surface area contributed by atoms with Crippen molar-refractivity contribution in [3.63, 3.8) is 0 Å². The van der Waals surface area contributed by atoms with Gasteiger partial charge in [-0.05, 0) is 116 Å². The van der Waals surface area contributed by atoms with Gasteiger partial charge in [-0.1, -0.05) is 34.6 Å². The SMILES string of the molecule is CC(C)[C@@H](CC[C@@H](C)[C@H]1CCC2C3C(CC[C@@]21C)[C@@]1(C)CCC(O)C[C@@H]1C[C@H]3O)OS(=O)(=O)[O-].[K+]. The van der Waals surface area contributed by atoms with Crippen molar-refractivity contribution < 1.29 is 78.8 Å². The Bertz CT molecular complexity index is 836. The zero-order valence-corrected chi connectivity index (χ0v) is 26.7. The van der Waals surface area contributed by atoms with E-state index in [1.807, 2.05) is 13.8 Å². The van der Waals surface area contributed by atoms with E-state index in [2.05, 4.69) is 20.8 Å². The molecule has 0 amide bonds. The summed E-state index contributed by atoms with van der Waals surface area (Å²) in [6.45, 7) is 11.0. The Morgan fingerprint density at radius 1 is 0.943 bits per heavy atom. The third kappa shape index (κ3) is 6.12. The van der Waals surface area contributed by atoms with Crippen molar-refractivity contribution in [3.8, 4) is 0 Å². The minimum atomic E-state index is -4.70. The first-order valence-electron chi connectivity index (χ1n) is 13.8. The fraction of sp³-hybridized carbons (Fsp3) is 1.00. The summed E-state index contributed by atoms with van der Waals surface area (Å²) in [5.74, 6) is 2.78. The Balaban J connectivity index is 0.00000342. The van der Waals surface area contributed by atoms with Crippen molar-refractivity contribution in [3.05, 3.63) is 0 Å². The first kappa shape index (κ1) is 31.0. The molecule has 0 aromatic carbocycles. The summed E-state index contributed by atoms with van der Waals surface area (Å²) in [5, 5.41) is 21.7. The molecule has 8 heteroatoms. The molecular formula is C27H47KO6S. The van der Waals surface area contributed by atoms with Gasteiger partial charge in [-0.15, -0.1) is 0 Å². The van der Waals surface area contributed by atoms with Crippen molar-refractivity contribution >= 4 is 10.4 Å². The molecule has 2 N–H and O–H groups in total. The second-order valence-electron chi connectivity index (χ2n) is 13.3. The Kier molecular flexibility index (Phi) is 10.2. The average Bonchev–Trinajstić information content (AvgIpc) is 3.08. The molecule has 0 heterocycles. The fourth-order valence-electron chi connectivity index (χ4n) is 9.45. The Morgan fingerprint density at radius 2 is 1.57 bits per heavy atom. The summed E-state index contributed by atoms with van der Waals surface area (Å²) in [6.07, 6.45) is 8.69. The third-order valence-electron chi connectivity index (χ3n) is 11.3. The largest absolute Gasteiger partial charge is 1.00 e. The first-order valence-corrected chi connectivity index (χ1v) is 15.1. The molecule has 198 valence electrons. The molecule has 4 aliphatic carbocycles. The molecule has 0 radical (unpaired) electrons. The van der Waals surface area contributed by atoms with Crippen molar-refractivity contribution in [1.82, 2.24) is 0 Å². The van der Waals surface area contributed by atoms with Gasteiger partial charge in [0.1, 0.15) is 0 Å². The summed E-state index contributed by atoms with van der Waals surface area (Å²) in [6, 6.07) is 0. The van der Waals surface area contributed by atoms with Gasteiger partial charge in [-0.3, -0.25) is 4.18 Å². The maximum atomic E-state index is 11.4. The van der Waals surface area contributed by atoms with E-state index < -0.39 is 16.5 Å². The summed E-state index contributed by atoms with van der Waals surface area (Å²) < 4.78 is 38.4. The minimum Gasteiger partial charge on any atom is -0.726 e. The van der Waals surface area contributed by atoms with Crippen molar-refractivity contribution in [2.24, 2.45) is 52.3 Å². The molecule has 0 bridgehead atoms. The standard InChI is InChI=1S/C27H48O6S.K/c1-16(2)24(33-34(30,31)32)9-6-17(3)20-7-8-21-25-22(11-13-27(20,21)5)26(4)12-10-19(28)14-18(26)15-23(25)29;/h16-25,28-29H,6-15H2,1-5H3,(H,30,31,32);/q;+1/p-1/t17-,18-,19?,20-,21?,22?,23-,24-,25?,26+,27-;/m1./s1. The molecule has 6 nitrogen and oxygen atoms in total. The molecule has 4 fully saturated rings. The van der Waals surface area contributed by atoms with Gasteiger partial charge in [0.15, 0.2) is 0 Å². The van der Waals surface area contributed by atoms with E-state index >= 15 is 0 Å². The second-order valence-corrected chi connectivity index (χ2v) is 14.3. The fourth-order valence-corrected chi connectivity index (χ4v) is 10.1. The number of aliphatic hydroxyl groups excluding tert-OH is 2. The van der Waals surface area contributed by atoms with E-state index in [1.54, 1.807) is 0 Å². The third-order valence-corrected chi connectivity index (χ3v) is 11.8. The normalized spacial score (nSPS) is 45.1. The van der Waals surface area contributed by atoms with E-state index in [1.165, 1.54) is 6.42 Å². The van der Waals surface area contributed by atoms with Crippen LogP contribution in [0.25, 0.3) is 0 Å².